The van der Waals surface area contributed by atoms with Crippen molar-refractivity contribution in [2.45, 2.75) is 6.17 Å². The molecule has 5 heteroatoms. The highest BCUT2D eigenvalue weighted by Crippen LogP contribution is 2.44. The number of rotatable bonds is 5. The van der Waals surface area contributed by atoms with E-state index in [9.17, 15) is 0 Å². The summed E-state index contributed by atoms with van der Waals surface area (Å²) in [5.41, 5.74) is 10.2. The number of hydrogen-bond donors (Lipinski definition) is 1. The zero-order valence-corrected chi connectivity index (χ0v) is 31.3. The van der Waals surface area contributed by atoms with Gasteiger partial charge in [0, 0.05) is 43.7 Å². The van der Waals surface area contributed by atoms with E-state index in [4.69, 9.17) is 14.4 Å². The minimum absolute atomic E-state index is 0.339. The minimum Gasteiger partial charge on any atom is -0.455 e. The molecule has 11 aromatic rings. The van der Waals surface area contributed by atoms with Crippen molar-refractivity contribution in [2.24, 2.45) is 9.98 Å². The fourth-order valence-electron chi connectivity index (χ4n) is 8.91. The van der Waals surface area contributed by atoms with Gasteiger partial charge in [-0.15, -0.1) is 0 Å². The van der Waals surface area contributed by atoms with Crippen LogP contribution in [0.3, 0.4) is 0 Å². The van der Waals surface area contributed by atoms with Gasteiger partial charge < -0.3 is 14.3 Å². The van der Waals surface area contributed by atoms with Crippen LogP contribution in [-0.4, -0.2) is 16.2 Å². The number of aromatic nitrogens is 1. The molecule has 0 aliphatic carbocycles. The predicted molar refractivity (Wildman–Crippen MR) is 240 cm³/mol. The first-order chi connectivity index (χ1) is 28.7. The Kier molecular flexibility index (Phi) is 7.23. The molecule has 58 heavy (non-hydrogen) atoms. The number of benzene rings is 9. The lowest BCUT2D eigenvalue weighted by Crippen LogP contribution is -2.33. The van der Waals surface area contributed by atoms with Crippen LogP contribution in [0, 0.1) is 0 Å². The normalized spacial score (nSPS) is 14.4. The number of furan rings is 1. The number of para-hydroxylation sites is 2. The fourth-order valence-corrected chi connectivity index (χ4v) is 8.91. The Morgan fingerprint density at radius 1 is 0.483 bits per heavy atom. The molecule has 0 saturated carbocycles. The summed E-state index contributed by atoms with van der Waals surface area (Å²) < 4.78 is 9.16. The zero-order valence-electron chi connectivity index (χ0n) is 31.3. The second-order valence-electron chi connectivity index (χ2n) is 15.0. The topological polar surface area (TPSA) is 54.8 Å². The monoisotopic (exact) mass is 742 g/mol. The van der Waals surface area contributed by atoms with Gasteiger partial charge in [0.25, 0.3) is 0 Å². The molecule has 1 atom stereocenters. The summed E-state index contributed by atoms with van der Waals surface area (Å²) in [5.74, 6) is 1.44. The number of nitrogens with one attached hydrogen (secondary N) is 1. The van der Waals surface area contributed by atoms with E-state index >= 15 is 0 Å². The third-order valence-electron chi connectivity index (χ3n) is 11.6. The highest BCUT2D eigenvalue weighted by atomic mass is 16.3. The van der Waals surface area contributed by atoms with Crippen LogP contribution >= 0.6 is 0 Å². The van der Waals surface area contributed by atoms with Crippen molar-refractivity contribution in [1.29, 1.82) is 0 Å². The number of aliphatic imine (C=N–C) groups is 2. The Morgan fingerprint density at radius 3 is 1.98 bits per heavy atom. The lowest BCUT2D eigenvalue weighted by molar-refractivity contribution is 0.672. The zero-order chi connectivity index (χ0) is 38.2. The smallest absolute Gasteiger partial charge is 0.160 e. The molecule has 3 heterocycles. The van der Waals surface area contributed by atoms with Crippen LogP contribution < -0.4 is 5.32 Å². The van der Waals surface area contributed by atoms with E-state index in [2.05, 4.69) is 174 Å². The molecule has 1 N–H and O–H groups in total. The molecule has 9 aromatic carbocycles. The molecule has 0 spiro atoms. The van der Waals surface area contributed by atoms with Crippen molar-refractivity contribution >= 4 is 77.0 Å². The van der Waals surface area contributed by atoms with Gasteiger partial charge in [-0.05, 0) is 81.4 Å². The Bertz CT molecular complexity index is 3480. The first kappa shape index (κ1) is 32.5. The molecule has 1 aliphatic heterocycles. The summed E-state index contributed by atoms with van der Waals surface area (Å²) in [7, 11) is 0. The van der Waals surface area contributed by atoms with E-state index < -0.39 is 0 Å². The highest BCUT2D eigenvalue weighted by Gasteiger charge is 2.26. The van der Waals surface area contributed by atoms with Crippen molar-refractivity contribution in [3.8, 4) is 16.8 Å². The van der Waals surface area contributed by atoms with E-state index in [0.29, 0.717) is 5.84 Å². The number of fused-ring (bicyclic) bond motifs is 9. The maximum absolute atomic E-state index is 6.75. The SMILES string of the molecule is c1ccc(C2=NC(c3ccc(-n4c5ccccc5c5cc6ccccc6cc54)cc3-c3cc4ccccc4c4oc5ccccc5c34)=NC(c3ccccc3)N2)cc1. The molecule has 0 fully saturated rings. The lowest BCUT2D eigenvalue weighted by atomic mass is 9.91. The molecule has 1 unspecified atom stereocenters. The fraction of sp³-hybridized carbons (Fsp3) is 0.0189. The van der Waals surface area contributed by atoms with Crippen LogP contribution in [0.5, 0.6) is 0 Å². The molecule has 0 radical (unpaired) electrons. The van der Waals surface area contributed by atoms with Crippen molar-refractivity contribution < 1.29 is 4.42 Å². The molecule has 272 valence electrons. The first-order valence-electron chi connectivity index (χ1n) is 19.7. The van der Waals surface area contributed by atoms with Crippen LogP contribution in [0.25, 0.3) is 82.1 Å². The molecule has 5 nitrogen and oxygen atoms in total. The molecule has 1 aliphatic rings. The summed E-state index contributed by atoms with van der Waals surface area (Å²) in [6.07, 6.45) is -0.339. The van der Waals surface area contributed by atoms with Crippen molar-refractivity contribution in [3.05, 3.63) is 211 Å². The molecule has 12 rings (SSSR count). The summed E-state index contributed by atoms with van der Waals surface area (Å²) in [4.78, 5) is 10.7. The van der Waals surface area contributed by atoms with Gasteiger partial charge in [-0.3, -0.25) is 0 Å². The van der Waals surface area contributed by atoms with Crippen LogP contribution in [0.15, 0.2) is 209 Å². The summed E-state index contributed by atoms with van der Waals surface area (Å²) >= 11 is 0. The highest BCUT2D eigenvalue weighted by molar-refractivity contribution is 6.24. The predicted octanol–water partition coefficient (Wildman–Crippen LogP) is 13.2. The van der Waals surface area contributed by atoms with Gasteiger partial charge in [0.1, 0.15) is 23.2 Å². The number of amidine groups is 2. The molecule has 0 saturated heterocycles. The Balaban J connectivity index is 1.19. The van der Waals surface area contributed by atoms with Crippen LogP contribution in [0.1, 0.15) is 22.9 Å². The summed E-state index contributed by atoms with van der Waals surface area (Å²) in [6.45, 7) is 0. The van der Waals surface area contributed by atoms with E-state index in [1.54, 1.807) is 0 Å². The van der Waals surface area contributed by atoms with E-state index in [0.717, 1.165) is 83.1 Å². The molecule has 0 bridgehead atoms. The molecule has 2 aromatic heterocycles. The first-order valence-corrected chi connectivity index (χ1v) is 19.7. The van der Waals surface area contributed by atoms with Gasteiger partial charge in [-0.2, -0.15) is 0 Å². The third kappa shape index (κ3) is 5.10. The maximum atomic E-state index is 6.75. The van der Waals surface area contributed by atoms with Crippen molar-refractivity contribution in [2.75, 3.05) is 0 Å². The van der Waals surface area contributed by atoms with Gasteiger partial charge >= 0.3 is 0 Å². The second-order valence-corrected chi connectivity index (χ2v) is 15.0. The Morgan fingerprint density at radius 2 is 1.16 bits per heavy atom. The maximum Gasteiger partial charge on any atom is 0.160 e. The van der Waals surface area contributed by atoms with Crippen molar-refractivity contribution in [3.63, 3.8) is 0 Å². The Hall–Kier alpha value is -7.76. The van der Waals surface area contributed by atoms with E-state index in [1.807, 2.05) is 30.3 Å². The minimum atomic E-state index is -0.339. The van der Waals surface area contributed by atoms with Gasteiger partial charge in [-0.1, -0.05) is 146 Å². The standard InChI is InChI=1S/C53H34N4O/c1-3-15-33(16-4-1)51-54-52(34-17-5-2-6-18-34)56-53(55-51)41-28-27-38(57-46-25-13-11-23-40(46)44-29-35-19-7-8-20-36(35)31-47(44)57)32-43(41)45-30-37-21-9-10-22-39(37)50-49(45)42-24-12-14-26-48(42)58-50/h1-32,51H,(H,54,55,56). The number of hydrogen-bond acceptors (Lipinski definition) is 4. The summed E-state index contributed by atoms with van der Waals surface area (Å²) in [5, 5.41) is 12.8. The number of nitrogens with zero attached hydrogens (tertiary/aromatic N) is 3. The second kappa shape index (κ2) is 12.9. The van der Waals surface area contributed by atoms with Crippen LogP contribution in [0.2, 0.25) is 0 Å². The van der Waals surface area contributed by atoms with E-state index in [-0.39, 0.29) is 6.17 Å². The van der Waals surface area contributed by atoms with Gasteiger partial charge in [0.2, 0.25) is 0 Å². The molecular formula is C53H34N4O. The summed E-state index contributed by atoms with van der Waals surface area (Å²) in [6, 6.07) is 68.7. The average Bonchev–Trinajstić information content (AvgIpc) is 3.84. The van der Waals surface area contributed by atoms with Crippen molar-refractivity contribution in [1.82, 2.24) is 9.88 Å². The lowest BCUT2D eigenvalue weighted by Gasteiger charge is -2.25. The Labute approximate surface area is 333 Å². The van der Waals surface area contributed by atoms with Gasteiger partial charge in [0.15, 0.2) is 5.84 Å². The van der Waals surface area contributed by atoms with E-state index in [1.165, 1.54) is 21.5 Å². The van der Waals surface area contributed by atoms with Gasteiger partial charge in [0.05, 0.1) is 11.0 Å². The quantitative estimate of drug-likeness (QED) is 0.191. The third-order valence-corrected chi connectivity index (χ3v) is 11.6. The average molecular weight is 743 g/mol. The van der Waals surface area contributed by atoms with Gasteiger partial charge in [-0.25, -0.2) is 9.98 Å². The molecular weight excluding hydrogens is 709 g/mol. The van der Waals surface area contributed by atoms with Crippen LogP contribution in [0.4, 0.5) is 0 Å². The van der Waals surface area contributed by atoms with Crippen LogP contribution in [-0.2, 0) is 0 Å². The molecule has 0 amide bonds. The largest absolute Gasteiger partial charge is 0.455 e.